The summed E-state index contributed by atoms with van der Waals surface area (Å²) >= 11 is 1.34. The van der Waals surface area contributed by atoms with Crippen LogP contribution in [-0.4, -0.2) is 32.5 Å². The SMILES string of the molecule is N#C[C@@H](/C(CCCC(=O)Nc1cccc([N+](=O)[O-])c1)=N/NC(=O)c1cc2ccccc2cc1O)c1nc2ccccc2s1. The molecule has 5 aromatic rings. The molecule has 12 heteroatoms. The topological polar surface area (TPSA) is 171 Å². The third-order valence-electron chi connectivity index (χ3n) is 6.61. The van der Waals surface area contributed by atoms with E-state index in [0.29, 0.717) is 16.4 Å². The minimum atomic E-state index is -0.900. The number of phenolic OH excluding ortho intramolecular Hbond substituents is 1. The van der Waals surface area contributed by atoms with Gasteiger partial charge in [-0.2, -0.15) is 10.4 Å². The Bertz CT molecular complexity index is 1900. The lowest BCUT2D eigenvalue weighted by Crippen LogP contribution is -2.23. The number of nitrogens with one attached hydrogen (secondary N) is 2. The number of aromatic nitrogens is 1. The molecule has 0 aliphatic rings. The number of amides is 2. The quantitative estimate of drug-likeness (QED) is 0.0975. The van der Waals surface area contributed by atoms with E-state index in [2.05, 4.69) is 26.9 Å². The largest absolute Gasteiger partial charge is 0.507 e. The van der Waals surface area contributed by atoms with Crippen molar-refractivity contribution in [1.29, 1.82) is 5.26 Å². The van der Waals surface area contributed by atoms with Crippen molar-refractivity contribution < 1.29 is 19.6 Å². The van der Waals surface area contributed by atoms with Crippen LogP contribution in [0.3, 0.4) is 0 Å². The molecule has 0 fully saturated rings. The Balaban J connectivity index is 1.35. The van der Waals surface area contributed by atoms with Crippen LogP contribution in [0.25, 0.3) is 21.0 Å². The molecule has 0 saturated heterocycles. The summed E-state index contributed by atoms with van der Waals surface area (Å²) in [7, 11) is 0. The number of thiazole rings is 1. The Morgan fingerprint density at radius 1 is 1.02 bits per heavy atom. The van der Waals surface area contributed by atoms with Gasteiger partial charge < -0.3 is 10.4 Å². The molecule has 1 atom stereocenters. The summed E-state index contributed by atoms with van der Waals surface area (Å²) in [5.74, 6) is -2.15. The van der Waals surface area contributed by atoms with Gasteiger partial charge in [0.2, 0.25) is 5.91 Å². The number of nitro groups is 1. The lowest BCUT2D eigenvalue weighted by atomic mass is 10.00. The summed E-state index contributed by atoms with van der Waals surface area (Å²) in [5, 5.41) is 40.6. The summed E-state index contributed by atoms with van der Waals surface area (Å²) in [5.41, 5.74) is 3.65. The molecule has 0 aliphatic heterocycles. The summed E-state index contributed by atoms with van der Waals surface area (Å²) in [6.07, 6.45) is 0.458. The number of hydrazone groups is 1. The number of nitrogens with zero attached hydrogens (tertiary/aromatic N) is 4. The zero-order valence-corrected chi connectivity index (χ0v) is 23.4. The Kier molecular flexibility index (Phi) is 8.64. The fraction of sp³-hybridized carbons (Fsp3) is 0.129. The normalized spacial score (nSPS) is 12.0. The molecule has 5 rings (SSSR count). The number of hydrogen-bond acceptors (Lipinski definition) is 9. The highest BCUT2D eigenvalue weighted by atomic mass is 32.1. The number of aromatic hydroxyl groups is 1. The van der Waals surface area contributed by atoms with Crippen LogP contribution in [-0.2, 0) is 4.79 Å². The van der Waals surface area contributed by atoms with Gasteiger partial charge in [0.05, 0.1) is 32.5 Å². The van der Waals surface area contributed by atoms with Crippen LogP contribution in [0.4, 0.5) is 11.4 Å². The molecule has 0 spiro atoms. The Labute approximate surface area is 249 Å². The molecule has 43 heavy (non-hydrogen) atoms. The van der Waals surface area contributed by atoms with Crippen molar-refractivity contribution in [1.82, 2.24) is 10.4 Å². The summed E-state index contributed by atoms with van der Waals surface area (Å²) in [6, 6.07) is 25.6. The minimum Gasteiger partial charge on any atom is -0.507 e. The zero-order chi connectivity index (χ0) is 30.3. The van der Waals surface area contributed by atoms with E-state index in [1.165, 1.54) is 35.6 Å². The van der Waals surface area contributed by atoms with E-state index in [1.807, 2.05) is 48.5 Å². The first-order valence-corrected chi connectivity index (χ1v) is 14.0. The maximum Gasteiger partial charge on any atom is 0.275 e. The van der Waals surface area contributed by atoms with Gasteiger partial charge in [0, 0.05) is 24.2 Å². The summed E-state index contributed by atoms with van der Waals surface area (Å²) < 4.78 is 0.888. The van der Waals surface area contributed by atoms with E-state index >= 15 is 0 Å². The third-order valence-corrected chi connectivity index (χ3v) is 7.71. The van der Waals surface area contributed by atoms with Crippen LogP contribution < -0.4 is 10.7 Å². The van der Waals surface area contributed by atoms with E-state index < -0.39 is 16.7 Å². The standard InChI is InChI=1S/C31H24N6O5S/c32-18-24(31-34-26-11-3-4-13-28(26)43-31)25(12-6-14-29(39)33-21-9-5-10-22(17-21)37(41)42)35-36-30(40)23-15-19-7-1-2-8-20(19)16-27(23)38/h1-5,7-11,13,15-17,24,38H,6,12,14H2,(H,33,39)(H,36,40)/b35-25+/t24-/m0/s1. The van der Waals surface area contributed by atoms with Gasteiger partial charge in [0.25, 0.3) is 11.6 Å². The van der Waals surface area contributed by atoms with Gasteiger partial charge >= 0.3 is 0 Å². The second-order valence-corrected chi connectivity index (χ2v) is 10.6. The molecule has 0 saturated carbocycles. The molecule has 2 amide bonds. The van der Waals surface area contributed by atoms with Crippen LogP contribution in [0, 0.1) is 21.4 Å². The molecule has 0 aliphatic carbocycles. The van der Waals surface area contributed by atoms with Crippen LogP contribution in [0.15, 0.2) is 90.0 Å². The molecule has 11 nitrogen and oxygen atoms in total. The smallest absolute Gasteiger partial charge is 0.275 e. The van der Waals surface area contributed by atoms with Crippen LogP contribution in [0.5, 0.6) is 5.75 Å². The fourth-order valence-corrected chi connectivity index (χ4v) is 5.54. The average molecular weight is 593 g/mol. The number of para-hydroxylation sites is 1. The van der Waals surface area contributed by atoms with Gasteiger partial charge in [-0.25, -0.2) is 10.4 Å². The van der Waals surface area contributed by atoms with Crippen molar-refractivity contribution in [3.05, 3.63) is 106 Å². The van der Waals surface area contributed by atoms with Crippen LogP contribution in [0.1, 0.15) is 40.5 Å². The molecule has 0 unspecified atom stereocenters. The highest BCUT2D eigenvalue weighted by Gasteiger charge is 2.23. The number of anilines is 1. The van der Waals surface area contributed by atoms with E-state index in [0.717, 1.165) is 21.0 Å². The predicted octanol–water partition coefficient (Wildman–Crippen LogP) is 6.27. The van der Waals surface area contributed by atoms with Crippen molar-refractivity contribution in [3.8, 4) is 11.8 Å². The Hall–Kier alpha value is -5.67. The van der Waals surface area contributed by atoms with Gasteiger partial charge in [0.15, 0.2) is 0 Å². The first-order chi connectivity index (χ1) is 20.8. The molecule has 0 radical (unpaired) electrons. The lowest BCUT2D eigenvalue weighted by molar-refractivity contribution is -0.384. The summed E-state index contributed by atoms with van der Waals surface area (Å²) in [6.45, 7) is 0. The van der Waals surface area contributed by atoms with E-state index in [9.17, 15) is 30.1 Å². The fourth-order valence-electron chi connectivity index (χ4n) is 4.49. The maximum absolute atomic E-state index is 13.1. The minimum absolute atomic E-state index is 0.0200. The molecule has 3 N–H and O–H groups in total. The Morgan fingerprint density at radius 3 is 2.51 bits per heavy atom. The first-order valence-electron chi connectivity index (χ1n) is 13.2. The van der Waals surface area contributed by atoms with Crippen molar-refractivity contribution in [2.75, 3.05) is 5.32 Å². The predicted molar refractivity (Wildman–Crippen MR) is 164 cm³/mol. The number of non-ortho nitro benzene ring substituents is 1. The van der Waals surface area contributed by atoms with Crippen LogP contribution >= 0.6 is 11.3 Å². The Morgan fingerprint density at radius 2 is 1.77 bits per heavy atom. The molecular formula is C31H24N6O5S. The molecule has 1 aromatic heterocycles. The average Bonchev–Trinajstić information content (AvgIpc) is 3.43. The molecular weight excluding hydrogens is 568 g/mol. The molecule has 214 valence electrons. The van der Waals surface area contributed by atoms with E-state index in [1.54, 1.807) is 12.1 Å². The van der Waals surface area contributed by atoms with Crippen molar-refractivity contribution in [2.24, 2.45) is 5.10 Å². The van der Waals surface area contributed by atoms with Crippen LogP contribution in [0.2, 0.25) is 0 Å². The van der Waals surface area contributed by atoms with Gasteiger partial charge in [-0.15, -0.1) is 11.3 Å². The second-order valence-electron chi connectivity index (χ2n) is 9.55. The van der Waals surface area contributed by atoms with Gasteiger partial charge in [-0.3, -0.25) is 19.7 Å². The number of hydrogen-bond donors (Lipinski definition) is 3. The number of carbonyl (C=O) groups is 2. The van der Waals surface area contributed by atoms with E-state index in [4.69, 9.17) is 0 Å². The van der Waals surface area contributed by atoms with E-state index in [-0.39, 0.29) is 42.2 Å². The second kappa shape index (κ2) is 12.9. The van der Waals surface area contributed by atoms with Crippen molar-refractivity contribution >= 4 is 61.2 Å². The highest BCUT2D eigenvalue weighted by molar-refractivity contribution is 7.18. The number of rotatable bonds is 10. The lowest BCUT2D eigenvalue weighted by Gasteiger charge is -2.12. The number of nitriles is 1. The molecule has 1 heterocycles. The number of benzene rings is 4. The number of phenols is 1. The van der Waals surface area contributed by atoms with Gasteiger partial charge in [-0.05, 0) is 53.9 Å². The molecule has 4 aromatic carbocycles. The van der Waals surface area contributed by atoms with Gasteiger partial charge in [-0.1, -0.05) is 42.5 Å². The monoisotopic (exact) mass is 592 g/mol. The van der Waals surface area contributed by atoms with Crippen molar-refractivity contribution in [3.63, 3.8) is 0 Å². The number of carbonyl (C=O) groups excluding carboxylic acids is 2. The summed E-state index contributed by atoms with van der Waals surface area (Å²) in [4.78, 5) is 40.8. The third kappa shape index (κ3) is 6.80. The molecule has 0 bridgehead atoms. The van der Waals surface area contributed by atoms with Gasteiger partial charge in [0.1, 0.15) is 16.7 Å². The van der Waals surface area contributed by atoms with Crippen molar-refractivity contribution in [2.45, 2.75) is 25.2 Å². The first kappa shape index (κ1) is 28.8. The zero-order valence-electron chi connectivity index (χ0n) is 22.6. The number of nitro benzene ring substituents is 1. The highest BCUT2D eigenvalue weighted by Crippen LogP contribution is 2.30. The maximum atomic E-state index is 13.1. The number of fused-ring (bicyclic) bond motifs is 2.